The van der Waals surface area contributed by atoms with Crippen LogP contribution < -0.4 is 0 Å². The van der Waals surface area contributed by atoms with Crippen LogP contribution in [0.25, 0.3) is 0 Å². The molecule has 0 rings (SSSR count). The summed E-state index contributed by atoms with van der Waals surface area (Å²) in [4.78, 5) is 19.5. The molecule has 0 aliphatic carbocycles. The first-order valence-corrected chi connectivity index (χ1v) is 3.54. The third-order valence-electron chi connectivity index (χ3n) is 0.802. The van der Waals surface area contributed by atoms with Gasteiger partial charge in [0.05, 0.1) is 0 Å². The first-order chi connectivity index (χ1) is 4.81. The zero-order valence-corrected chi connectivity index (χ0v) is 6.50. The van der Waals surface area contributed by atoms with Gasteiger partial charge >= 0.3 is 5.09 Å². The molecule has 4 heteroatoms. The normalized spacial score (nSPS) is 9.00. The van der Waals surface area contributed by atoms with Gasteiger partial charge in [0.2, 0.25) is 0 Å². The maximum Gasteiger partial charge on any atom is 0.477 e. The largest absolute Gasteiger partial charge is 0.477 e. The van der Waals surface area contributed by atoms with Gasteiger partial charge in [-0.2, -0.15) is 9.68 Å². The Morgan fingerprint density at radius 2 is 1.50 bits per heavy atom. The molecular weight excluding hydrogens is 134 g/mol. The maximum absolute atomic E-state index is 10.4. The summed E-state index contributed by atoms with van der Waals surface area (Å²) >= 11 is 0. The number of nitrogens with zero attached hydrogens (tertiary/aromatic N) is 1. The summed E-state index contributed by atoms with van der Waals surface area (Å²) in [6.07, 6.45) is 1.63. The van der Waals surface area contributed by atoms with Gasteiger partial charge in [-0.05, 0) is 12.8 Å². The Morgan fingerprint density at radius 3 is 1.80 bits per heavy atom. The van der Waals surface area contributed by atoms with Crippen molar-refractivity contribution in [1.29, 1.82) is 0 Å². The van der Waals surface area contributed by atoms with Crippen LogP contribution in [-0.2, 0) is 9.68 Å². The molecule has 60 valence electrons. The van der Waals surface area contributed by atoms with Gasteiger partial charge in [-0.15, -0.1) is 0 Å². The van der Waals surface area contributed by atoms with E-state index in [1.807, 2.05) is 13.8 Å². The lowest BCUT2D eigenvalue weighted by molar-refractivity contribution is -0.981. The van der Waals surface area contributed by atoms with E-state index in [4.69, 9.17) is 0 Å². The average molecular weight is 148 g/mol. The third kappa shape index (κ3) is 5.34. The third-order valence-corrected chi connectivity index (χ3v) is 0.802. The molecule has 0 saturated carbocycles. The SMILES string of the molecule is CCCO[N+](=O)OCCC. The molecule has 4 nitrogen and oxygen atoms in total. The highest BCUT2D eigenvalue weighted by molar-refractivity contribution is 4.14. The lowest BCUT2D eigenvalue weighted by Crippen LogP contribution is -2.11. The molecule has 0 aromatic rings. The Hall–Kier alpha value is -0.800. The number of rotatable bonds is 6. The zero-order valence-electron chi connectivity index (χ0n) is 6.50. The predicted molar refractivity (Wildman–Crippen MR) is 36.1 cm³/mol. The van der Waals surface area contributed by atoms with Crippen LogP contribution in [0.15, 0.2) is 0 Å². The Balaban J connectivity index is 3.09. The van der Waals surface area contributed by atoms with Crippen molar-refractivity contribution in [1.82, 2.24) is 0 Å². The van der Waals surface area contributed by atoms with E-state index in [2.05, 4.69) is 9.68 Å². The molecule has 0 saturated heterocycles. The molecule has 0 amide bonds. The lowest BCUT2D eigenvalue weighted by Gasteiger charge is -1.89. The van der Waals surface area contributed by atoms with Gasteiger partial charge in [-0.3, -0.25) is 0 Å². The summed E-state index contributed by atoms with van der Waals surface area (Å²) in [5, 5.41) is 0.174. The molecule has 0 fully saturated rings. The van der Waals surface area contributed by atoms with E-state index >= 15 is 0 Å². The summed E-state index contributed by atoms with van der Waals surface area (Å²) in [6, 6.07) is 0. The first-order valence-electron chi connectivity index (χ1n) is 3.54. The quantitative estimate of drug-likeness (QED) is 0.535. The van der Waals surface area contributed by atoms with Crippen LogP contribution in [-0.4, -0.2) is 18.3 Å². The second kappa shape index (κ2) is 6.32. The standard InChI is InChI=1S/C6H14NO3/c1-3-5-9-7(8)10-6-4-2/h3-6H2,1-2H3/q+1. The highest BCUT2D eigenvalue weighted by Gasteiger charge is 2.08. The van der Waals surface area contributed by atoms with E-state index in [-0.39, 0.29) is 5.09 Å². The number of hydrogen-bond acceptors (Lipinski definition) is 3. The Labute approximate surface area is 60.6 Å². The molecule has 0 aliphatic rings. The molecule has 0 atom stereocenters. The van der Waals surface area contributed by atoms with Crippen LogP contribution in [0.1, 0.15) is 26.7 Å². The van der Waals surface area contributed by atoms with Gasteiger partial charge < -0.3 is 0 Å². The fraction of sp³-hybridized carbons (Fsp3) is 1.00. The van der Waals surface area contributed by atoms with Crippen LogP contribution in [0.5, 0.6) is 0 Å². The molecular formula is C6H14NO3+. The van der Waals surface area contributed by atoms with Crippen molar-refractivity contribution in [3.05, 3.63) is 4.91 Å². The lowest BCUT2D eigenvalue weighted by atomic mass is 10.5. The van der Waals surface area contributed by atoms with Gasteiger partial charge in [0.25, 0.3) is 0 Å². The van der Waals surface area contributed by atoms with Crippen LogP contribution in [0.2, 0.25) is 0 Å². The van der Waals surface area contributed by atoms with Crippen molar-refractivity contribution in [3.63, 3.8) is 0 Å². The zero-order chi connectivity index (χ0) is 7.82. The predicted octanol–water partition coefficient (Wildman–Crippen LogP) is 1.45. The molecule has 0 aromatic carbocycles. The minimum atomic E-state index is 0.174. The van der Waals surface area contributed by atoms with Gasteiger partial charge in [0.15, 0.2) is 13.2 Å². The number of hydrogen-bond donors (Lipinski definition) is 0. The van der Waals surface area contributed by atoms with Crippen molar-refractivity contribution >= 4 is 0 Å². The van der Waals surface area contributed by atoms with E-state index in [1.165, 1.54) is 0 Å². The van der Waals surface area contributed by atoms with Crippen LogP contribution in [0, 0.1) is 4.91 Å². The molecule has 0 aromatic heterocycles. The van der Waals surface area contributed by atoms with Crippen molar-refractivity contribution in [2.75, 3.05) is 13.2 Å². The molecule has 0 radical (unpaired) electrons. The molecule has 0 unspecified atom stereocenters. The summed E-state index contributed by atoms with van der Waals surface area (Å²) in [5.41, 5.74) is 0. The van der Waals surface area contributed by atoms with E-state index in [0.29, 0.717) is 13.2 Å². The van der Waals surface area contributed by atoms with Crippen LogP contribution in [0.3, 0.4) is 0 Å². The van der Waals surface area contributed by atoms with Crippen molar-refractivity contribution in [3.8, 4) is 0 Å². The molecule has 0 aliphatic heterocycles. The Kier molecular flexibility index (Phi) is 5.82. The van der Waals surface area contributed by atoms with Gasteiger partial charge in [0, 0.05) is 0 Å². The minimum Gasteiger partial charge on any atom is -0.187 e. The van der Waals surface area contributed by atoms with E-state index < -0.39 is 0 Å². The van der Waals surface area contributed by atoms with E-state index in [0.717, 1.165) is 12.8 Å². The van der Waals surface area contributed by atoms with Crippen molar-refractivity contribution in [2.45, 2.75) is 26.7 Å². The molecule has 0 bridgehead atoms. The van der Waals surface area contributed by atoms with E-state index in [1.54, 1.807) is 0 Å². The Morgan fingerprint density at radius 1 is 1.10 bits per heavy atom. The highest BCUT2D eigenvalue weighted by atomic mass is 17.0. The average Bonchev–Trinajstić information content (AvgIpc) is 1.97. The second-order valence-electron chi connectivity index (χ2n) is 1.89. The fourth-order valence-corrected chi connectivity index (χ4v) is 0.369. The minimum absolute atomic E-state index is 0.174. The first kappa shape index (κ1) is 9.20. The monoisotopic (exact) mass is 148 g/mol. The van der Waals surface area contributed by atoms with Crippen LogP contribution in [0.4, 0.5) is 0 Å². The summed E-state index contributed by atoms with van der Waals surface area (Å²) in [5.74, 6) is 0. The molecule has 0 heterocycles. The summed E-state index contributed by atoms with van der Waals surface area (Å²) in [6.45, 7) is 4.67. The molecule has 0 N–H and O–H groups in total. The van der Waals surface area contributed by atoms with E-state index in [9.17, 15) is 4.91 Å². The van der Waals surface area contributed by atoms with Gasteiger partial charge in [-0.1, -0.05) is 13.8 Å². The Bertz CT molecular complexity index is 85.0. The highest BCUT2D eigenvalue weighted by Crippen LogP contribution is 1.85. The van der Waals surface area contributed by atoms with Crippen molar-refractivity contribution in [2.24, 2.45) is 0 Å². The summed E-state index contributed by atoms with van der Waals surface area (Å²) < 4.78 is 0. The van der Waals surface area contributed by atoms with Gasteiger partial charge in [0.1, 0.15) is 4.91 Å². The topological polar surface area (TPSA) is 38.5 Å². The summed E-state index contributed by atoms with van der Waals surface area (Å²) in [7, 11) is 0. The smallest absolute Gasteiger partial charge is 0.187 e. The maximum atomic E-state index is 10.4. The fourth-order valence-electron chi connectivity index (χ4n) is 0.369. The van der Waals surface area contributed by atoms with Gasteiger partial charge in [-0.25, -0.2) is 0 Å². The molecule has 10 heavy (non-hydrogen) atoms. The molecule has 0 spiro atoms. The second-order valence-corrected chi connectivity index (χ2v) is 1.89. The van der Waals surface area contributed by atoms with Crippen molar-refractivity contribution < 1.29 is 14.8 Å². The van der Waals surface area contributed by atoms with Crippen LogP contribution >= 0.6 is 0 Å².